The lowest BCUT2D eigenvalue weighted by Crippen LogP contribution is -2.14. The average molecular weight is 336 g/mol. The summed E-state index contributed by atoms with van der Waals surface area (Å²) >= 11 is 0. The first kappa shape index (κ1) is 17.0. The summed E-state index contributed by atoms with van der Waals surface area (Å²) in [6.07, 6.45) is 2.12. The summed E-state index contributed by atoms with van der Waals surface area (Å²) in [5, 5.41) is 10.9. The highest BCUT2D eigenvalue weighted by molar-refractivity contribution is 7.92. The number of nitrogens with zero attached hydrogens (tertiary/aromatic N) is 2. The van der Waals surface area contributed by atoms with Gasteiger partial charge in [0.25, 0.3) is 10.0 Å². The molecule has 0 spiro atoms. The third kappa shape index (κ3) is 4.82. The summed E-state index contributed by atoms with van der Waals surface area (Å²) in [5.41, 5.74) is 0. The number of nitrogens with one attached hydrogen (secondary N) is 2. The number of hydrogen-bond acceptors (Lipinski definition) is 6. The van der Waals surface area contributed by atoms with Crippen LogP contribution in [-0.2, 0) is 10.0 Å². The van der Waals surface area contributed by atoms with Gasteiger partial charge in [0.15, 0.2) is 5.82 Å². The van der Waals surface area contributed by atoms with E-state index in [0.717, 1.165) is 19.4 Å². The molecule has 0 aliphatic rings. The molecule has 7 nitrogen and oxygen atoms in total. The van der Waals surface area contributed by atoms with Crippen LogP contribution in [0.4, 0.5) is 11.6 Å². The van der Waals surface area contributed by atoms with Crippen molar-refractivity contribution >= 4 is 21.7 Å². The maximum absolute atomic E-state index is 12.3. The molecule has 0 aliphatic heterocycles. The minimum absolute atomic E-state index is 0.130. The number of anilines is 2. The fourth-order valence-electron chi connectivity index (χ4n) is 1.83. The van der Waals surface area contributed by atoms with Crippen molar-refractivity contribution in [1.82, 2.24) is 10.2 Å². The van der Waals surface area contributed by atoms with E-state index in [1.54, 1.807) is 24.3 Å². The average Bonchev–Trinajstić information content (AvgIpc) is 2.56. The molecule has 0 atom stereocenters. The van der Waals surface area contributed by atoms with Crippen LogP contribution in [-0.4, -0.2) is 32.3 Å². The van der Waals surface area contributed by atoms with Crippen molar-refractivity contribution in [3.05, 3.63) is 36.4 Å². The largest absolute Gasteiger partial charge is 0.497 e. The molecule has 8 heteroatoms. The summed E-state index contributed by atoms with van der Waals surface area (Å²) in [6.45, 7) is 2.91. The molecule has 1 heterocycles. The van der Waals surface area contributed by atoms with Crippen molar-refractivity contribution in [2.75, 3.05) is 23.7 Å². The molecule has 2 aromatic rings. The molecule has 1 aromatic carbocycles. The van der Waals surface area contributed by atoms with E-state index in [-0.39, 0.29) is 10.7 Å². The third-order valence-corrected chi connectivity index (χ3v) is 4.48. The van der Waals surface area contributed by atoms with Crippen molar-refractivity contribution in [2.45, 2.75) is 24.7 Å². The zero-order valence-electron chi connectivity index (χ0n) is 13.1. The van der Waals surface area contributed by atoms with Gasteiger partial charge in [0.2, 0.25) is 0 Å². The second-order valence-corrected chi connectivity index (χ2v) is 6.55. The van der Waals surface area contributed by atoms with E-state index in [0.29, 0.717) is 11.6 Å². The number of ether oxygens (including phenoxy) is 1. The van der Waals surface area contributed by atoms with E-state index in [9.17, 15) is 8.42 Å². The van der Waals surface area contributed by atoms with E-state index in [1.165, 1.54) is 19.2 Å². The molecule has 1 aromatic heterocycles. The Hall–Kier alpha value is -2.35. The number of benzene rings is 1. The number of rotatable bonds is 8. The van der Waals surface area contributed by atoms with Gasteiger partial charge in [0, 0.05) is 6.54 Å². The van der Waals surface area contributed by atoms with Gasteiger partial charge in [-0.25, -0.2) is 8.42 Å². The lowest BCUT2D eigenvalue weighted by molar-refractivity contribution is 0.414. The summed E-state index contributed by atoms with van der Waals surface area (Å²) in [6, 6.07) is 9.36. The minimum atomic E-state index is -3.70. The van der Waals surface area contributed by atoms with Crippen LogP contribution in [0.2, 0.25) is 0 Å². The Labute approximate surface area is 136 Å². The molecule has 0 saturated heterocycles. The van der Waals surface area contributed by atoms with Crippen LogP contribution < -0.4 is 14.8 Å². The first-order valence-corrected chi connectivity index (χ1v) is 8.78. The van der Waals surface area contributed by atoms with Crippen molar-refractivity contribution in [1.29, 1.82) is 0 Å². The first-order chi connectivity index (χ1) is 11.0. The number of unbranched alkanes of at least 4 members (excludes halogenated alkanes) is 1. The van der Waals surface area contributed by atoms with Gasteiger partial charge in [-0.1, -0.05) is 13.3 Å². The molecule has 124 valence electrons. The lowest BCUT2D eigenvalue weighted by Gasteiger charge is -2.08. The third-order valence-electron chi connectivity index (χ3n) is 3.11. The molecule has 23 heavy (non-hydrogen) atoms. The Morgan fingerprint density at radius 2 is 1.70 bits per heavy atom. The quantitative estimate of drug-likeness (QED) is 0.720. The number of sulfonamides is 1. The van der Waals surface area contributed by atoms with Gasteiger partial charge >= 0.3 is 0 Å². The highest BCUT2D eigenvalue weighted by Gasteiger charge is 2.15. The Morgan fingerprint density at radius 3 is 2.26 bits per heavy atom. The van der Waals surface area contributed by atoms with E-state index in [1.807, 2.05) is 0 Å². The number of hydrogen-bond donors (Lipinski definition) is 2. The molecule has 2 N–H and O–H groups in total. The summed E-state index contributed by atoms with van der Waals surface area (Å²) in [5.74, 6) is 1.37. The second kappa shape index (κ2) is 7.77. The maximum Gasteiger partial charge on any atom is 0.263 e. The molecule has 0 fully saturated rings. The number of aromatic nitrogens is 2. The lowest BCUT2D eigenvalue weighted by atomic mass is 10.3. The Kier molecular flexibility index (Phi) is 5.75. The van der Waals surface area contributed by atoms with E-state index >= 15 is 0 Å². The summed E-state index contributed by atoms with van der Waals surface area (Å²) in [4.78, 5) is 0.130. The van der Waals surface area contributed by atoms with Crippen molar-refractivity contribution in [3.63, 3.8) is 0 Å². The van der Waals surface area contributed by atoms with Gasteiger partial charge in [-0.15, -0.1) is 10.2 Å². The molecule has 0 amide bonds. The number of methoxy groups -OCH3 is 1. The van der Waals surface area contributed by atoms with Gasteiger partial charge in [-0.05, 0) is 42.8 Å². The van der Waals surface area contributed by atoms with Crippen molar-refractivity contribution in [2.24, 2.45) is 0 Å². The molecule has 0 aliphatic carbocycles. The Morgan fingerprint density at radius 1 is 1.04 bits per heavy atom. The highest BCUT2D eigenvalue weighted by Crippen LogP contribution is 2.18. The highest BCUT2D eigenvalue weighted by atomic mass is 32.2. The molecular formula is C15H20N4O3S. The summed E-state index contributed by atoms with van der Waals surface area (Å²) in [7, 11) is -2.18. The van der Waals surface area contributed by atoms with Gasteiger partial charge in [0.1, 0.15) is 11.6 Å². The minimum Gasteiger partial charge on any atom is -0.497 e. The van der Waals surface area contributed by atoms with E-state index < -0.39 is 10.0 Å². The van der Waals surface area contributed by atoms with E-state index in [2.05, 4.69) is 27.2 Å². The molecule has 0 unspecified atom stereocenters. The van der Waals surface area contributed by atoms with Gasteiger partial charge in [0.05, 0.1) is 12.0 Å². The van der Waals surface area contributed by atoms with Gasteiger partial charge < -0.3 is 10.1 Å². The van der Waals surface area contributed by atoms with E-state index in [4.69, 9.17) is 4.74 Å². The van der Waals surface area contributed by atoms with Crippen LogP contribution in [0.3, 0.4) is 0 Å². The predicted molar refractivity (Wildman–Crippen MR) is 89.2 cm³/mol. The Bertz CT molecular complexity index is 715. The fourth-order valence-corrected chi connectivity index (χ4v) is 2.82. The molecule has 0 radical (unpaired) electrons. The van der Waals surface area contributed by atoms with Crippen molar-refractivity contribution in [3.8, 4) is 5.75 Å². The maximum atomic E-state index is 12.3. The van der Waals surface area contributed by atoms with Crippen LogP contribution in [0.1, 0.15) is 19.8 Å². The molecule has 2 rings (SSSR count). The standard InChI is InChI=1S/C15H20N4O3S/c1-3-4-11-16-14-9-10-15(18-17-14)19-23(20,21)13-7-5-12(22-2)6-8-13/h5-10H,3-4,11H2,1-2H3,(H,16,17)(H,18,19). The Balaban J connectivity index is 2.04. The smallest absolute Gasteiger partial charge is 0.263 e. The van der Waals surface area contributed by atoms with Gasteiger partial charge in [-0.2, -0.15) is 0 Å². The molecule has 0 saturated carbocycles. The van der Waals surface area contributed by atoms with Crippen LogP contribution in [0.15, 0.2) is 41.3 Å². The van der Waals surface area contributed by atoms with Crippen LogP contribution in [0, 0.1) is 0 Å². The molecular weight excluding hydrogens is 316 g/mol. The zero-order chi connectivity index (χ0) is 16.7. The van der Waals surface area contributed by atoms with Crippen LogP contribution in [0.5, 0.6) is 5.75 Å². The SMILES string of the molecule is CCCCNc1ccc(NS(=O)(=O)c2ccc(OC)cc2)nn1. The normalized spacial score (nSPS) is 11.0. The van der Waals surface area contributed by atoms with Crippen LogP contribution >= 0.6 is 0 Å². The predicted octanol–water partition coefficient (Wildman–Crippen LogP) is 2.50. The van der Waals surface area contributed by atoms with Crippen LogP contribution in [0.25, 0.3) is 0 Å². The topological polar surface area (TPSA) is 93.2 Å². The first-order valence-electron chi connectivity index (χ1n) is 7.29. The summed E-state index contributed by atoms with van der Waals surface area (Å²) < 4.78 is 31.9. The van der Waals surface area contributed by atoms with Gasteiger partial charge in [-0.3, -0.25) is 4.72 Å². The monoisotopic (exact) mass is 336 g/mol. The second-order valence-electron chi connectivity index (χ2n) is 4.87. The fraction of sp³-hybridized carbons (Fsp3) is 0.333. The molecule has 0 bridgehead atoms. The zero-order valence-corrected chi connectivity index (χ0v) is 13.9. The van der Waals surface area contributed by atoms with Crippen molar-refractivity contribution < 1.29 is 13.2 Å².